The topological polar surface area (TPSA) is 106 Å². The molecule has 5 rings (SSSR count). The van der Waals surface area contributed by atoms with Gasteiger partial charge < -0.3 is 10.1 Å². The highest BCUT2D eigenvalue weighted by Crippen LogP contribution is 2.32. The summed E-state index contributed by atoms with van der Waals surface area (Å²) in [6, 6.07) is 14.0. The van der Waals surface area contributed by atoms with E-state index in [2.05, 4.69) is 36.5 Å². The van der Waals surface area contributed by atoms with E-state index in [1.807, 2.05) is 42.6 Å². The van der Waals surface area contributed by atoms with E-state index in [0.717, 1.165) is 38.5 Å². The number of hydrogen-bond acceptors (Lipinski definition) is 6. The van der Waals surface area contributed by atoms with Crippen molar-refractivity contribution in [2.24, 2.45) is 0 Å². The molecule has 0 spiro atoms. The Bertz CT molecular complexity index is 1400. The number of carbonyl (C=O) groups is 1. The van der Waals surface area contributed by atoms with Crippen LogP contribution >= 0.6 is 0 Å². The number of hydrogen-bond donors (Lipinski definition) is 2. The third-order valence-electron chi connectivity index (χ3n) is 5.02. The normalized spacial score (nSPS) is 11.1. The van der Waals surface area contributed by atoms with Crippen molar-refractivity contribution >= 4 is 33.7 Å². The monoisotopic (exact) mass is 410 g/mol. The van der Waals surface area contributed by atoms with Crippen LogP contribution in [0, 0.1) is 0 Å². The van der Waals surface area contributed by atoms with Crippen molar-refractivity contribution in [3.05, 3.63) is 67.3 Å². The summed E-state index contributed by atoms with van der Waals surface area (Å²) in [5, 5.41) is 11.5. The number of amides is 1. The minimum Gasteiger partial charge on any atom is -0.375 e. The number of rotatable bonds is 5. The van der Waals surface area contributed by atoms with Crippen LogP contribution < -0.4 is 5.32 Å². The maximum atomic E-state index is 11.9. The molecular formula is C23H18N6O2. The van der Waals surface area contributed by atoms with Crippen LogP contribution in [0.2, 0.25) is 0 Å². The molecule has 31 heavy (non-hydrogen) atoms. The second kappa shape index (κ2) is 7.92. The van der Waals surface area contributed by atoms with Crippen LogP contribution in [0.15, 0.2) is 67.3 Å². The Morgan fingerprint density at radius 2 is 1.81 bits per heavy atom. The number of ether oxygens (including phenoxy) is 1. The lowest BCUT2D eigenvalue weighted by molar-refractivity contribution is -0.119. The van der Waals surface area contributed by atoms with Crippen LogP contribution in [0.4, 0.5) is 5.82 Å². The molecule has 1 amide bonds. The second-order valence-electron chi connectivity index (χ2n) is 7.00. The molecule has 0 aliphatic heterocycles. The van der Waals surface area contributed by atoms with Crippen molar-refractivity contribution in [1.82, 2.24) is 25.1 Å². The molecule has 4 heterocycles. The van der Waals surface area contributed by atoms with Crippen molar-refractivity contribution in [2.45, 2.75) is 0 Å². The first-order valence-electron chi connectivity index (χ1n) is 9.65. The molecule has 152 valence electrons. The minimum atomic E-state index is -0.266. The molecule has 8 nitrogen and oxygen atoms in total. The summed E-state index contributed by atoms with van der Waals surface area (Å²) in [5.41, 5.74) is 5.48. The number of aromatic nitrogens is 5. The Morgan fingerprint density at radius 1 is 0.968 bits per heavy atom. The van der Waals surface area contributed by atoms with Gasteiger partial charge in [-0.1, -0.05) is 6.07 Å². The quantitative estimate of drug-likeness (QED) is 0.456. The summed E-state index contributed by atoms with van der Waals surface area (Å²) in [6.45, 7) is -0.0386. The number of benzene rings is 1. The molecule has 2 N–H and O–H groups in total. The zero-order valence-corrected chi connectivity index (χ0v) is 16.7. The van der Waals surface area contributed by atoms with Crippen LogP contribution in [0.25, 0.3) is 44.2 Å². The summed E-state index contributed by atoms with van der Waals surface area (Å²) in [5.74, 6) is 0.226. The van der Waals surface area contributed by atoms with Gasteiger partial charge in [-0.3, -0.25) is 19.9 Å². The molecule has 0 fully saturated rings. The van der Waals surface area contributed by atoms with Crippen LogP contribution in [-0.4, -0.2) is 44.8 Å². The van der Waals surface area contributed by atoms with Gasteiger partial charge in [0.1, 0.15) is 12.4 Å². The minimum absolute atomic E-state index is 0.0386. The van der Waals surface area contributed by atoms with Crippen molar-refractivity contribution in [2.75, 3.05) is 19.0 Å². The van der Waals surface area contributed by atoms with Crippen molar-refractivity contribution in [3.8, 4) is 22.3 Å². The average Bonchev–Trinajstić information content (AvgIpc) is 3.21. The fourth-order valence-electron chi connectivity index (χ4n) is 3.57. The van der Waals surface area contributed by atoms with Crippen LogP contribution in [0.5, 0.6) is 0 Å². The van der Waals surface area contributed by atoms with Gasteiger partial charge in [-0.15, -0.1) is 0 Å². The Hall–Kier alpha value is -4.17. The zero-order valence-electron chi connectivity index (χ0n) is 16.7. The van der Waals surface area contributed by atoms with E-state index in [-0.39, 0.29) is 12.5 Å². The summed E-state index contributed by atoms with van der Waals surface area (Å²) >= 11 is 0. The molecule has 0 unspecified atom stereocenters. The van der Waals surface area contributed by atoms with Crippen LogP contribution in [0.3, 0.4) is 0 Å². The lowest BCUT2D eigenvalue weighted by Gasteiger charge is -2.09. The first-order chi connectivity index (χ1) is 15.2. The predicted molar refractivity (Wildman–Crippen MR) is 118 cm³/mol. The maximum absolute atomic E-state index is 11.9. The molecule has 0 atom stereocenters. The molecule has 0 bridgehead atoms. The molecule has 4 aromatic heterocycles. The van der Waals surface area contributed by atoms with Gasteiger partial charge in [0, 0.05) is 42.8 Å². The third kappa shape index (κ3) is 3.60. The van der Waals surface area contributed by atoms with Gasteiger partial charge in [-0.25, -0.2) is 4.98 Å². The number of aromatic amines is 1. The molecule has 1 aromatic carbocycles. The number of methoxy groups -OCH3 is 1. The summed E-state index contributed by atoms with van der Waals surface area (Å²) in [4.78, 5) is 25.0. The number of H-pyrrole nitrogens is 1. The van der Waals surface area contributed by atoms with E-state index in [1.165, 1.54) is 7.11 Å². The van der Waals surface area contributed by atoms with Crippen molar-refractivity contribution in [1.29, 1.82) is 0 Å². The summed E-state index contributed by atoms with van der Waals surface area (Å²) in [6.07, 6.45) is 7.14. The first kappa shape index (κ1) is 18.8. The lowest BCUT2D eigenvalue weighted by Crippen LogP contribution is -2.17. The Morgan fingerprint density at radius 3 is 2.65 bits per heavy atom. The fraction of sp³-hybridized carbons (Fsp3) is 0.0870. The third-order valence-corrected chi connectivity index (χ3v) is 5.02. The van der Waals surface area contributed by atoms with E-state index in [0.29, 0.717) is 11.5 Å². The van der Waals surface area contributed by atoms with Gasteiger partial charge in [0.15, 0.2) is 5.65 Å². The predicted octanol–water partition coefficient (Wildman–Crippen LogP) is 3.82. The van der Waals surface area contributed by atoms with Gasteiger partial charge in [0.05, 0.1) is 10.9 Å². The number of pyridine rings is 3. The largest absolute Gasteiger partial charge is 0.375 e. The molecule has 0 saturated heterocycles. The Balaban J connectivity index is 1.60. The lowest BCUT2D eigenvalue weighted by atomic mass is 9.98. The smallest absolute Gasteiger partial charge is 0.251 e. The summed E-state index contributed by atoms with van der Waals surface area (Å²) < 4.78 is 4.87. The van der Waals surface area contributed by atoms with Gasteiger partial charge in [-0.05, 0) is 53.1 Å². The van der Waals surface area contributed by atoms with Gasteiger partial charge in [-0.2, -0.15) is 5.10 Å². The van der Waals surface area contributed by atoms with Gasteiger partial charge in [0.25, 0.3) is 5.91 Å². The molecular weight excluding hydrogens is 392 g/mol. The molecule has 0 saturated carbocycles. The van der Waals surface area contributed by atoms with Crippen LogP contribution in [-0.2, 0) is 9.53 Å². The number of nitrogens with zero attached hydrogens (tertiary/aromatic N) is 4. The molecule has 0 aliphatic rings. The van der Waals surface area contributed by atoms with Crippen molar-refractivity contribution < 1.29 is 9.53 Å². The Kier molecular flexibility index (Phi) is 4.81. The molecule has 0 aliphatic carbocycles. The second-order valence-corrected chi connectivity index (χ2v) is 7.00. The Labute approximate surface area is 177 Å². The fourth-order valence-corrected chi connectivity index (χ4v) is 3.57. The van der Waals surface area contributed by atoms with E-state index in [9.17, 15) is 4.79 Å². The summed E-state index contributed by atoms with van der Waals surface area (Å²) in [7, 11) is 1.47. The number of carbonyl (C=O) groups excluding carboxylic acids is 1. The highest BCUT2D eigenvalue weighted by molar-refractivity contribution is 6.01. The molecule has 0 radical (unpaired) electrons. The van der Waals surface area contributed by atoms with E-state index in [4.69, 9.17) is 4.74 Å². The molecule has 8 heteroatoms. The van der Waals surface area contributed by atoms with E-state index in [1.54, 1.807) is 18.6 Å². The standard InChI is InChI=1S/C23H18N6O2/c1-31-13-21(30)27-23-19-11-16(12-26-22(19)28-29-23)15-2-3-20-18(10-15)17(6-9-25-20)14-4-7-24-8-5-14/h2-12H,13H2,1H3,(H2,26,27,28,29,30). The zero-order chi connectivity index (χ0) is 21.2. The average molecular weight is 410 g/mol. The van der Waals surface area contributed by atoms with E-state index < -0.39 is 0 Å². The number of nitrogens with one attached hydrogen (secondary N) is 2. The number of anilines is 1. The van der Waals surface area contributed by atoms with E-state index >= 15 is 0 Å². The highest BCUT2D eigenvalue weighted by atomic mass is 16.5. The highest BCUT2D eigenvalue weighted by Gasteiger charge is 2.12. The maximum Gasteiger partial charge on any atom is 0.251 e. The van der Waals surface area contributed by atoms with Crippen molar-refractivity contribution in [3.63, 3.8) is 0 Å². The van der Waals surface area contributed by atoms with Gasteiger partial charge in [0.2, 0.25) is 0 Å². The number of fused-ring (bicyclic) bond motifs is 2. The van der Waals surface area contributed by atoms with Crippen LogP contribution in [0.1, 0.15) is 0 Å². The van der Waals surface area contributed by atoms with Gasteiger partial charge >= 0.3 is 0 Å². The first-order valence-corrected chi connectivity index (χ1v) is 9.65. The SMILES string of the molecule is COCC(=O)Nc1[nH]nc2ncc(-c3ccc4nccc(-c5ccncc5)c4c3)cc12. The molecule has 5 aromatic rings.